The second kappa shape index (κ2) is 8.76. The molecule has 1 aliphatic rings. The number of carbonyl (C=O) groups is 1. The molecule has 0 unspecified atom stereocenters. The van der Waals surface area contributed by atoms with Crippen LogP contribution in [0.4, 0.5) is 0 Å². The van der Waals surface area contributed by atoms with E-state index in [1.807, 2.05) is 25.1 Å². The van der Waals surface area contributed by atoms with Gasteiger partial charge in [0.15, 0.2) is 0 Å². The van der Waals surface area contributed by atoms with Crippen LogP contribution in [0.15, 0.2) is 53.1 Å². The second-order valence-corrected chi connectivity index (χ2v) is 7.84. The first-order chi connectivity index (χ1) is 14.1. The Morgan fingerprint density at radius 2 is 1.83 bits per heavy atom. The summed E-state index contributed by atoms with van der Waals surface area (Å²) in [7, 11) is 0. The number of fused-ring (bicyclic) bond motifs is 1. The Labute approximate surface area is 171 Å². The highest BCUT2D eigenvalue weighted by atomic mass is 16.5. The Morgan fingerprint density at radius 1 is 1.10 bits per heavy atom. The zero-order valence-corrected chi connectivity index (χ0v) is 17.1. The van der Waals surface area contributed by atoms with E-state index in [-0.39, 0.29) is 11.9 Å². The van der Waals surface area contributed by atoms with Crippen LogP contribution < -0.4 is 5.32 Å². The van der Waals surface area contributed by atoms with Gasteiger partial charge in [0.05, 0.1) is 18.3 Å². The third-order valence-corrected chi connectivity index (χ3v) is 5.56. The summed E-state index contributed by atoms with van der Waals surface area (Å²) < 4.78 is 5.14. The monoisotopic (exact) mass is 392 g/mol. The minimum Gasteiger partial charge on any atom is -0.361 e. The predicted octanol–water partition coefficient (Wildman–Crippen LogP) is 3.13. The van der Waals surface area contributed by atoms with Crippen LogP contribution in [0.1, 0.15) is 30.0 Å². The maximum Gasteiger partial charge on any atom is 0.234 e. The lowest BCUT2D eigenvalue weighted by Crippen LogP contribution is -2.49. The van der Waals surface area contributed by atoms with E-state index >= 15 is 0 Å². The number of rotatable bonds is 6. The lowest BCUT2D eigenvalue weighted by Gasteiger charge is -2.34. The number of nitrogens with zero attached hydrogens (tertiary/aromatic N) is 3. The number of carbonyl (C=O) groups excluding carboxylic acids is 1. The van der Waals surface area contributed by atoms with E-state index in [4.69, 9.17) is 4.52 Å². The van der Waals surface area contributed by atoms with Crippen molar-refractivity contribution < 1.29 is 9.32 Å². The minimum atomic E-state index is -0.0229. The Kier molecular flexibility index (Phi) is 5.92. The number of piperazine rings is 1. The van der Waals surface area contributed by atoms with Crippen molar-refractivity contribution in [3.63, 3.8) is 0 Å². The molecule has 2 heterocycles. The largest absolute Gasteiger partial charge is 0.361 e. The van der Waals surface area contributed by atoms with Gasteiger partial charge in [0, 0.05) is 38.8 Å². The second-order valence-electron chi connectivity index (χ2n) is 7.84. The third kappa shape index (κ3) is 4.83. The number of hydrogen-bond donors (Lipinski definition) is 1. The molecule has 4 rings (SSSR count). The maximum absolute atomic E-state index is 12.6. The van der Waals surface area contributed by atoms with E-state index in [2.05, 4.69) is 57.5 Å². The molecule has 29 heavy (non-hydrogen) atoms. The van der Waals surface area contributed by atoms with Gasteiger partial charge in [-0.1, -0.05) is 47.6 Å². The molecule has 152 valence electrons. The fraction of sp³-hybridized carbons (Fsp3) is 0.391. The van der Waals surface area contributed by atoms with Crippen LogP contribution >= 0.6 is 0 Å². The molecule has 6 heteroatoms. The Hall–Kier alpha value is -2.70. The quantitative estimate of drug-likeness (QED) is 0.698. The number of aryl methyl sites for hydroxylation is 1. The molecule has 1 amide bonds. The van der Waals surface area contributed by atoms with Gasteiger partial charge < -0.3 is 9.84 Å². The van der Waals surface area contributed by atoms with Crippen LogP contribution in [-0.4, -0.2) is 53.6 Å². The summed E-state index contributed by atoms with van der Waals surface area (Å²) in [5.74, 6) is 0.918. The molecule has 0 aliphatic carbocycles. The van der Waals surface area contributed by atoms with Crippen molar-refractivity contribution in [3.05, 3.63) is 65.5 Å². The Bertz CT molecular complexity index is 970. The third-order valence-electron chi connectivity index (χ3n) is 5.56. The van der Waals surface area contributed by atoms with Gasteiger partial charge in [0.1, 0.15) is 5.76 Å². The summed E-state index contributed by atoms with van der Waals surface area (Å²) in [5.41, 5.74) is 2.13. The van der Waals surface area contributed by atoms with Gasteiger partial charge in [0.2, 0.25) is 5.91 Å². The normalized spacial score (nSPS) is 16.8. The summed E-state index contributed by atoms with van der Waals surface area (Å²) >= 11 is 0. The van der Waals surface area contributed by atoms with E-state index in [1.54, 1.807) is 0 Å². The number of amides is 1. The average Bonchev–Trinajstić information content (AvgIpc) is 3.13. The van der Waals surface area contributed by atoms with Crippen molar-refractivity contribution in [1.82, 2.24) is 20.3 Å². The van der Waals surface area contributed by atoms with Crippen LogP contribution in [0.25, 0.3) is 10.8 Å². The highest BCUT2D eigenvalue weighted by molar-refractivity contribution is 5.87. The summed E-state index contributed by atoms with van der Waals surface area (Å²) in [6.07, 6.45) is 0. The van der Waals surface area contributed by atoms with Crippen molar-refractivity contribution in [2.75, 3.05) is 32.7 Å². The molecular formula is C23H28N4O2. The Balaban J connectivity index is 1.28. The molecule has 3 aromatic rings. The first-order valence-corrected chi connectivity index (χ1v) is 10.2. The van der Waals surface area contributed by atoms with Crippen LogP contribution in [-0.2, 0) is 11.3 Å². The molecule has 6 nitrogen and oxygen atoms in total. The average molecular weight is 393 g/mol. The standard InChI is InChI=1S/C23H28N4O2/c1-17-14-20(25-29-17)15-26-10-12-27(13-11-26)16-23(28)24-18(2)21-9-5-7-19-6-3-4-8-22(19)21/h3-9,14,18H,10-13,15-16H2,1-2H3,(H,24,28)/t18-/m1/s1. The summed E-state index contributed by atoms with van der Waals surface area (Å²) in [6.45, 7) is 8.82. The molecule has 0 radical (unpaired) electrons. The number of hydrogen-bond acceptors (Lipinski definition) is 5. The van der Waals surface area contributed by atoms with Gasteiger partial charge in [-0.15, -0.1) is 0 Å². The first kappa shape index (κ1) is 19.6. The number of nitrogens with one attached hydrogen (secondary N) is 1. The molecular weight excluding hydrogens is 364 g/mol. The highest BCUT2D eigenvalue weighted by Crippen LogP contribution is 2.24. The molecule has 0 saturated carbocycles. The van der Waals surface area contributed by atoms with Crippen LogP contribution in [0.2, 0.25) is 0 Å². The molecule has 0 bridgehead atoms. The van der Waals surface area contributed by atoms with E-state index in [1.165, 1.54) is 10.8 Å². The molecule has 1 fully saturated rings. The predicted molar refractivity (Wildman–Crippen MR) is 113 cm³/mol. The number of benzene rings is 2. The fourth-order valence-electron chi connectivity index (χ4n) is 4.02. The van der Waals surface area contributed by atoms with Crippen LogP contribution in [0.3, 0.4) is 0 Å². The highest BCUT2D eigenvalue weighted by Gasteiger charge is 2.21. The van der Waals surface area contributed by atoms with Crippen molar-refractivity contribution in [3.8, 4) is 0 Å². The molecule has 1 N–H and O–H groups in total. The van der Waals surface area contributed by atoms with Crippen LogP contribution in [0, 0.1) is 6.92 Å². The maximum atomic E-state index is 12.6. The van der Waals surface area contributed by atoms with Gasteiger partial charge in [-0.25, -0.2) is 0 Å². The lowest BCUT2D eigenvalue weighted by molar-refractivity contribution is -0.123. The van der Waals surface area contributed by atoms with Gasteiger partial charge in [-0.3, -0.25) is 14.6 Å². The lowest BCUT2D eigenvalue weighted by atomic mass is 10.00. The number of aromatic nitrogens is 1. The van der Waals surface area contributed by atoms with Crippen molar-refractivity contribution in [1.29, 1.82) is 0 Å². The minimum absolute atomic E-state index is 0.0229. The van der Waals surface area contributed by atoms with Crippen LogP contribution in [0.5, 0.6) is 0 Å². The van der Waals surface area contributed by atoms with Gasteiger partial charge in [-0.05, 0) is 30.2 Å². The van der Waals surface area contributed by atoms with E-state index in [0.29, 0.717) is 6.54 Å². The van der Waals surface area contributed by atoms with E-state index in [9.17, 15) is 4.79 Å². The SMILES string of the molecule is Cc1cc(CN2CCN(CC(=O)N[C@H](C)c3cccc4ccccc34)CC2)no1. The zero-order valence-electron chi connectivity index (χ0n) is 17.1. The summed E-state index contributed by atoms with van der Waals surface area (Å²) in [5, 5.41) is 9.63. The van der Waals surface area contributed by atoms with Crippen molar-refractivity contribution in [2.24, 2.45) is 0 Å². The Morgan fingerprint density at radius 3 is 2.59 bits per heavy atom. The smallest absolute Gasteiger partial charge is 0.234 e. The zero-order chi connectivity index (χ0) is 20.2. The van der Waals surface area contributed by atoms with Gasteiger partial charge in [0.25, 0.3) is 0 Å². The van der Waals surface area contributed by atoms with Crippen molar-refractivity contribution >= 4 is 16.7 Å². The van der Waals surface area contributed by atoms with E-state index < -0.39 is 0 Å². The van der Waals surface area contributed by atoms with Gasteiger partial charge in [-0.2, -0.15) is 0 Å². The van der Waals surface area contributed by atoms with E-state index in [0.717, 1.165) is 49.7 Å². The first-order valence-electron chi connectivity index (χ1n) is 10.2. The molecule has 1 aliphatic heterocycles. The molecule has 2 aromatic carbocycles. The summed E-state index contributed by atoms with van der Waals surface area (Å²) in [6, 6.07) is 16.5. The molecule has 1 atom stereocenters. The molecule has 1 saturated heterocycles. The fourth-order valence-corrected chi connectivity index (χ4v) is 4.02. The van der Waals surface area contributed by atoms with Crippen molar-refractivity contribution in [2.45, 2.75) is 26.4 Å². The topological polar surface area (TPSA) is 61.6 Å². The molecule has 0 spiro atoms. The van der Waals surface area contributed by atoms with Gasteiger partial charge >= 0.3 is 0 Å². The molecule has 1 aromatic heterocycles. The summed E-state index contributed by atoms with van der Waals surface area (Å²) in [4.78, 5) is 17.2.